The molecule has 0 amide bonds. The molecule has 7 nitrogen and oxygen atoms in total. The van der Waals surface area contributed by atoms with Gasteiger partial charge in [0, 0.05) is 14.1 Å². The van der Waals surface area contributed by atoms with E-state index in [0.717, 1.165) is 4.31 Å². The first-order chi connectivity index (χ1) is 9.40. The van der Waals surface area contributed by atoms with Gasteiger partial charge in [-0.1, -0.05) is 17.3 Å². The van der Waals surface area contributed by atoms with Crippen LogP contribution in [0, 0.1) is 5.82 Å². The average molecular weight is 300 g/mol. The Hall–Kier alpha value is -1.84. The monoisotopic (exact) mass is 300 g/mol. The van der Waals surface area contributed by atoms with Crippen LogP contribution in [0.2, 0.25) is 0 Å². The molecule has 1 heterocycles. The van der Waals surface area contributed by atoms with Crippen molar-refractivity contribution in [3.63, 3.8) is 0 Å². The van der Waals surface area contributed by atoms with Gasteiger partial charge in [0.05, 0.1) is 12.1 Å². The summed E-state index contributed by atoms with van der Waals surface area (Å²) in [5, 5.41) is 3.62. The summed E-state index contributed by atoms with van der Waals surface area (Å²) in [6.45, 7) is -0.165. The third kappa shape index (κ3) is 3.18. The van der Waals surface area contributed by atoms with Crippen molar-refractivity contribution in [2.24, 2.45) is 0 Å². The van der Waals surface area contributed by atoms with Crippen molar-refractivity contribution in [3.8, 4) is 11.4 Å². The molecule has 0 aliphatic rings. The van der Waals surface area contributed by atoms with Crippen LogP contribution in [0.4, 0.5) is 4.39 Å². The van der Waals surface area contributed by atoms with Gasteiger partial charge in [-0.3, -0.25) is 0 Å². The molecule has 0 saturated heterocycles. The number of rotatable bonds is 5. The molecule has 2 aromatic rings. The molecule has 108 valence electrons. The second-order valence-electron chi connectivity index (χ2n) is 4.10. The molecule has 0 unspecified atom stereocenters. The minimum atomic E-state index is -3.58. The van der Waals surface area contributed by atoms with Gasteiger partial charge in [-0.15, -0.1) is 0 Å². The lowest BCUT2D eigenvalue weighted by Gasteiger charge is -2.10. The Morgan fingerprint density at radius 2 is 2.05 bits per heavy atom. The van der Waals surface area contributed by atoms with E-state index in [0.29, 0.717) is 0 Å². The maximum absolute atomic E-state index is 13.5. The first-order valence-electron chi connectivity index (χ1n) is 5.65. The van der Waals surface area contributed by atoms with E-state index in [4.69, 9.17) is 4.52 Å². The van der Waals surface area contributed by atoms with Crippen molar-refractivity contribution >= 4 is 10.2 Å². The van der Waals surface area contributed by atoms with Gasteiger partial charge in [0.25, 0.3) is 10.2 Å². The van der Waals surface area contributed by atoms with Gasteiger partial charge < -0.3 is 4.52 Å². The smallest absolute Gasteiger partial charge is 0.279 e. The zero-order valence-corrected chi connectivity index (χ0v) is 11.7. The molecule has 0 bridgehead atoms. The molecule has 0 atom stereocenters. The Morgan fingerprint density at radius 3 is 2.70 bits per heavy atom. The Bertz CT molecular complexity index is 699. The minimum absolute atomic E-state index is 0.0497. The van der Waals surface area contributed by atoms with Gasteiger partial charge >= 0.3 is 0 Å². The predicted molar refractivity (Wildman–Crippen MR) is 69.1 cm³/mol. The number of aromatic nitrogens is 2. The first kappa shape index (κ1) is 14.6. The van der Waals surface area contributed by atoms with Crippen LogP contribution in [-0.4, -0.2) is 37.0 Å². The van der Waals surface area contributed by atoms with E-state index in [1.807, 2.05) is 0 Å². The van der Waals surface area contributed by atoms with E-state index in [2.05, 4.69) is 14.9 Å². The SMILES string of the molecule is CN(C)S(=O)(=O)NCc1nc(-c2ccccc2F)no1. The third-order valence-electron chi connectivity index (χ3n) is 2.47. The summed E-state index contributed by atoms with van der Waals surface area (Å²) < 4.78 is 44.7. The summed E-state index contributed by atoms with van der Waals surface area (Å²) in [5.41, 5.74) is 0.193. The maximum Gasteiger partial charge on any atom is 0.279 e. The molecule has 0 aliphatic heterocycles. The molecule has 2 rings (SSSR count). The molecule has 0 fully saturated rings. The number of benzene rings is 1. The van der Waals surface area contributed by atoms with Gasteiger partial charge in [-0.25, -0.2) is 4.39 Å². The highest BCUT2D eigenvalue weighted by molar-refractivity contribution is 7.87. The van der Waals surface area contributed by atoms with Crippen LogP contribution in [0.25, 0.3) is 11.4 Å². The van der Waals surface area contributed by atoms with Crippen molar-refractivity contribution in [2.45, 2.75) is 6.54 Å². The van der Waals surface area contributed by atoms with Crippen molar-refractivity contribution < 1.29 is 17.3 Å². The van der Waals surface area contributed by atoms with E-state index < -0.39 is 16.0 Å². The van der Waals surface area contributed by atoms with E-state index >= 15 is 0 Å². The number of hydrogen-bond acceptors (Lipinski definition) is 5. The fourth-order valence-electron chi connectivity index (χ4n) is 1.36. The highest BCUT2D eigenvalue weighted by Gasteiger charge is 2.16. The normalized spacial score (nSPS) is 12.0. The van der Waals surface area contributed by atoms with Crippen LogP contribution >= 0.6 is 0 Å². The molecular weight excluding hydrogens is 287 g/mol. The van der Waals surface area contributed by atoms with Crippen molar-refractivity contribution in [1.29, 1.82) is 0 Å². The summed E-state index contributed by atoms with van der Waals surface area (Å²) in [4.78, 5) is 3.94. The molecule has 0 spiro atoms. The highest BCUT2D eigenvalue weighted by atomic mass is 32.2. The molecular formula is C11H13FN4O3S. The van der Waals surface area contributed by atoms with E-state index in [1.54, 1.807) is 12.1 Å². The maximum atomic E-state index is 13.5. The summed E-state index contributed by atoms with van der Waals surface area (Å²) in [7, 11) is -0.799. The molecule has 1 aromatic heterocycles. The first-order valence-corrected chi connectivity index (χ1v) is 7.09. The van der Waals surface area contributed by atoms with E-state index in [1.165, 1.54) is 26.2 Å². The van der Waals surface area contributed by atoms with Crippen molar-refractivity contribution in [1.82, 2.24) is 19.2 Å². The fraction of sp³-hybridized carbons (Fsp3) is 0.273. The van der Waals surface area contributed by atoms with Gasteiger partial charge in [-0.2, -0.15) is 22.4 Å². The molecule has 20 heavy (non-hydrogen) atoms. The Kier molecular flexibility index (Phi) is 4.12. The molecule has 0 radical (unpaired) electrons. The lowest BCUT2D eigenvalue weighted by Crippen LogP contribution is -2.35. The second kappa shape index (κ2) is 5.65. The molecule has 0 saturated carbocycles. The van der Waals surface area contributed by atoms with Crippen LogP contribution in [0.1, 0.15) is 5.89 Å². The fourth-order valence-corrected chi connectivity index (χ4v) is 1.92. The van der Waals surface area contributed by atoms with Crippen LogP contribution in [0.15, 0.2) is 28.8 Å². The summed E-state index contributed by atoms with van der Waals surface area (Å²) in [6, 6.07) is 5.97. The summed E-state index contributed by atoms with van der Waals surface area (Å²) in [6.07, 6.45) is 0. The summed E-state index contributed by atoms with van der Waals surface area (Å²) >= 11 is 0. The van der Waals surface area contributed by atoms with Crippen LogP contribution in [0.3, 0.4) is 0 Å². The van der Waals surface area contributed by atoms with E-state index in [-0.39, 0.29) is 23.8 Å². The van der Waals surface area contributed by atoms with Gasteiger partial charge in [0.15, 0.2) is 0 Å². The zero-order valence-electron chi connectivity index (χ0n) is 10.9. The Morgan fingerprint density at radius 1 is 1.35 bits per heavy atom. The van der Waals surface area contributed by atoms with Crippen LogP contribution < -0.4 is 4.72 Å². The zero-order chi connectivity index (χ0) is 14.8. The molecule has 1 aromatic carbocycles. The quantitative estimate of drug-likeness (QED) is 0.881. The second-order valence-corrected chi connectivity index (χ2v) is 6.07. The molecule has 1 N–H and O–H groups in total. The number of nitrogens with one attached hydrogen (secondary N) is 1. The third-order valence-corrected chi connectivity index (χ3v) is 3.94. The molecule has 0 aliphatic carbocycles. The van der Waals surface area contributed by atoms with Crippen molar-refractivity contribution in [2.75, 3.05) is 14.1 Å². The standard InChI is InChI=1S/C11H13FN4O3S/c1-16(2)20(17,18)13-7-10-14-11(15-19-10)8-5-3-4-6-9(8)12/h3-6,13H,7H2,1-2H3. The van der Waals surface area contributed by atoms with Gasteiger partial charge in [-0.05, 0) is 12.1 Å². The van der Waals surface area contributed by atoms with Gasteiger partial charge in [0.2, 0.25) is 11.7 Å². The van der Waals surface area contributed by atoms with Gasteiger partial charge in [0.1, 0.15) is 5.82 Å². The number of hydrogen-bond donors (Lipinski definition) is 1. The van der Waals surface area contributed by atoms with Crippen LogP contribution in [-0.2, 0) is 16.8 Å². The number of nitrogens with zero attached hydrogens (tertiary/aromatic N) is 3. The van der Waals surface area contributed by atoms with E-state index in [9.17, 15) is 12.8 Å². The highest BCUT2D eigenvalue weighted by Crippen LogP contribution is 2.19. The van der Waals surface area contributed by atoms with Crippen molar-refractivity contribution in [3.05, 3.63) is 36.0 Å². The Labute approximate surface area is 115 Å². The molecule has 9 heteroatoms. The van der Waals surface area contributed by atoms with Crippen LogP contribution in [0.5, 0.6) is 0 Å². The Balaban J connectivity index is 2.13. The topological polar surface area (TPSA) is 88.3 Å². The largest absolute Gasteiger partial charge is 0.338 e. The lowest BCUT2D eigenvalue weighted by molar-refractivity contribution is 0.374. The number of halogens is 1. The average Bonchev–Trinajstić information content (AvgIpc) is 2.85. The lowest BCUT2D eigenvalue weighted by atomic mass is 10.2. The minimum Gasteiger partial charge on any atom is -0.338 e. The predicted octanol–water partition coefficient (Wildman–Crippen LogP) is 0.772. The summed E-state index contributed by atoms with van der Waals surface area (Å²) in [5.74, 6) is -0.357.